The van der Waals surface area contributed by atoms with Crippen LogP contribution in [0.5, 0.6) is 0 Å². The molecule has 0 unspecified atom stereocenters. The van der Waals surface area contributed by atoms with Crippen LogP contribution in [0.3, 0.4) is 0 Å². The first-order valence-corrected chi connectivity index (χ1v) is 10.2. The molecule has 0 heterocycles. The smallest absolute Gasteiger partial charge is 0.0940 e. The van der Waals surface area contributed by atoms with E-state index in [0.29, 0.717) is 5.57 Å². The van der Waals surface area contributed by atoms with Crippen molar-refractivity contribution in [1.29, 1.82) is 10.5 Å². The first-order valence-electron chi connectivity index (χ1n) is 10.2. The van der Waals surface area contributed by atoms with Gasteiger partial charge < -0.3 is 0 Å². The molecule has 0 radical (unpaired) electrons. The van der Waals surface area contributed by atoms with E-state index in [1.807, 2.05) is 78.9 Å². The lowest BCUT2D eigenvalue weighted by Gasteiger charge is -1.89. The zero-order valence-electron chi connectivity index (χ0n) is 19.4. The van der Waals surface area contributed by atoms with E-state index in [0.717, 1.165) is 19.3 Å². The molecule has 0 spiro atoms. The second-order valence-corrected chi connectivity index (χ2v) is 5.85. The molecule has 2 aromatic rings. The Morgan fingerprint density at radius 2 is 1.16 bits per heavy atom. The average molecular weight is 425 g/mol. The third kappa shape index (κ3) is 28.1. The maximum Gasteiger partial charge on any atom is 0.0940 e. The monoisotopic (exact) mass is 424 g/mol. The van der Waals surface area contributed by atoms with Crippen molar-refractivity contribution in [3.63, 3.8) is 0 Å². The van der Waals surface area contributed by atoms with E-state index < -0.39 is 0 Å². The van der Waals surface area contributed by atoms with Gasteiger partial charge in [-0.2, -0.15) is 10.5 Å². The molecule has 0 aliphatic carbocycles. The van der Waals surface area contributed by atoms with Crippen LogP contribution in [0.15, 0.2) is 124 Å². The molecule has 32 heavy (non-hydrogen) atoms. The van der Waals surface area contributed by atoms with Crippen LogP contribution in [0.25, 0.3) is 12.2 Å². The fourth-order valence-electron chi connectivity index (χ4n) is 1.62. The molecule has 0 aliphatic heterocycles. The molecule has 0 bridgehead atoms. The van der Waals surface area contributed by atoms with Gasteiger partial charge in [0.1, 0.15) is 0 Å². The minimum absolute atomic E-state index is 0.701. The van der Waals surface area contributed by atoms with Crippen molar-refractivity contribution in [3.05, 3.63) is 135 Å². The highest BCUT2D eigenvalue weighted by Gasteiger charge is 1.87. The zero-order chi connectivity index (χ0) is 24.9. The van der Waals surface area contributed by atoms with Crippen LogP contribution in [0.1, 0.15) is 37.3 Å². The van der Waals surface area contributed by atoms with Crippen molar-refractivity contribution < 1.29 is 0 Å². The average Bonchev–Trinajstić information content (AvgIpc) is 2.89. The molecule has 2 heteroatoms. The summed E-state index contributed by atoms with van der Waals surface area (Å²) < 4.78 is 0. The predicted octanol–water partition coefficient (Wildman–Crippen LogP) is 8.97. The topological polar surface area (TPSA) is 47.6 Å². The summed E-state index contributed by atoms with van der Waals surface area (Å²) in [6.07, 6.45) is 11.2. The fraction of sp³-hybridized carbons (Fsp3) is 0.133. The first kappa shape index (κ1) is 32.5. The van der Waals surface area contributed by atoms with Crippen molar-refractivity contribution in [2.45, 2.75) is 26.2 Å². The van der Waals surface area contributed by atoms with Gasteiger partial charge >= 0.3 is 0 Å². The zero-order valence-corrected chi connectivity index (χ0v) is 19.4. The van der Waals surface area contributed by atoms with Gasteiger partial charge in [-0.3, -0.25) is 0 Å². The number of nitriles is 2. The van der Waals surface area contributed by atoms with Gasteiger partial charge in [-0.25, -0.2) is 0 Å². The summed E-state index contributed by atoms with van der Waals surface area (Å²) in [6.45, 7) is 22.8. The van der Waals surface area contributed by atoms with Crippen molar-refractivity contribution in [2.24, 2.45) is 0 Å². The Morgan fingerprint density at radius 1 is 0.781 bits per heavy atom. The van der Waals surface area contributed by atoms with Gasteiger partial charge in [0.25, 0.3) is 0 Å². The molecule has 0 fully saturated rings. The summed E-state index contributed by atoms with van der Waals surface area (Å²) in [5.41, 5.74) is 3.05. The van der Waals surface area contributed by atoms with E-state index in [2.05, 4.69) is 46.4 Å². The summed E-state index contributed by atoms with van der Waals surface area (Å²) in [6, 6.07) is 23.8. The molecule has 2 nitrogen and oxygen atoms in total. The number of benzene rings is 2. The Labute approximate surface area is 196 Å². The molecule has 166 valence electrons. The maximum absolute atomic E-state index is 8.21. The molecule has 2 rings (SSSR count). The van der Waals surface area contributed by atoms with Gasteiger partial charge in [-0.05, 0) is 24.0 Å². The Kier molecular flexibility index (Phi) is 29.5. The van der Waals surface area contributed by atoms with Crippen molar-refractivity contribution in [2.75, 3.05) is 0 Å². The van der Waals surface area contributed by atoms with Crippen LogP contribution in [-0.4, -0.2) is 0 Å². The highest BCUT2D eigenvalue weighted by Crippen LogP contribution is 2.01. The Balaban J connectivity index is -0.000000340. The second kappa shape index (κ2) is 29.1. The molecular weight excluding hydrogens is 388 g/mol. The highest BCUT2D eigenvalue weighted by atomic mass is 14.2. The molecule has 0 amide bonds. The number of allylic oxidation sites excluding steroid dienone is 4. The quantitative estimate of drug-likeness (QED) is 0.343. The summed E-state index contributed by atoms with van der Waals surface area (Å²) in [5, 5.41) is 15.7. The molecule has 2 aromatic carbocycles. The van der Waals surface area contributed by atoms with Crippen LogP contribution >= 0.6 is 0 Å². The standard InChI is InChI=1S/2C8H8.C7H11N.C4H6.C3H3N/c2*1-2-8-6-4-3-5-7-8;1-3-4-5-7(2)6-8;1-3-4-2;1-2-3-4/h2*2-7H,1H2;2-5H2,1H3;3-4H,1-2H2;2H,1H2. The maximum atomic E-state index is 8.21. The van der Waals surface area contributed by atoms with Crippen LogP contribution in [0.4, 0.5) is 0 Å². The Hall–Kier alpha value is -4.14. The van der Waals surface area contributed by atoms with Crippen molar-refractivity contribution in [1.82, 2.24) is 0 Å². The van der Waals surface area contributed by atoms with E-state index >= 15 is 0 Å². The first-order chi connectivity index (χ1) is 15.5. The van der Waals surface area contributed by atoms with Crippen LogP contribution in [0, 0.1) is 22.7 Å². The van der Waals surface area contributed by atoms with E-state index in [-0.39, 0.29) is 0 Å². The van der Waals surface area contributed by atoms with Crippen molar-refractivity contribution in [3.8, 4) is 12.1 Å². The van der Waals surface area contributed by atoms with Gasteiger partial charge in [0.2, 0.25) is 0 Å². The van der Waals surface area contributed by atoms with E-state index in [4.69, 9.17) is 10.5 Å². The fourth-order valence-corrected chi connectivity index (χ4v) is 1.62. The molecule has 0 aliphatic rings. The Morgan fingerprint density at radius 3 is 1.34 bits per heavy atom. The lowest BCUT2D eigenvalue weighted by atomic mass is 10.1. The highest BCUT2D eigenvalue weighted by molar-refractivity contribution is 5.46. The second-order valence-electron chi connectivity index (χ2n) is 5.85. The van der Waals surface area contributed by atoms with Gasteiger partial charge in [-0.15, -0.1) is 0 Å². The van der Waals surface area contributed by atoms with Gasteiger partial charge in [0.05, 0.1) is 12.1 Å². The minimum atomic E-state index is 0.701. The summed E-state index contributed by atoms with van der Waals surface area (Å²) >= 11 is 0. The minimum Gasteiger partial charge on any atom is -0.193 e. The van der Waals surface area contributed by atoms with E-state index in [9.17, 15) is 0 Å². The van der Waals surface area contributed by atoms with E-state index in [1.54, 1.807) is 18.2 Å². The van der Waals surface area contributed by atoms with Crippen LogP contribution in [0.2, 0.25) is 0 Å². The number of hydrogen-bond donors (Lipinski definition) is 0. The molecule has 0 saturated heterocycles. The molecule has 0 saturated carbocycles. The third-order valence-corrected chi connectivity index (χ3v) is 3.32. The number of rotatable bonds is 6. The Bertz CT molecular complexity index is 782. The lowest BCUT2D eigenvalue weighted by Crippen LogP contribution is -1.74. The third-order valence-electron chi connectivity index (χ3n) is 3.32. The largest absolute Gasteiger partial charge is 0.193 e. The summed E-state index contributed by atoms with van der Waals surface area (Å²) in [5.74, 6) is 0. The molecule has 0 atom stereocenters. The molecule has 0 N–H and O–H groups in total. The van der Waals surface area contributed by atoms with Crippen molar-refractivity contribution >= 4 is 12.2 Å². The molecular formula is C30H36N2. The molecule has 0 aromatic heterocycles. The van der Waals surface area contributed by atoms with Gasteiger partial charge in [0, 0.05) is 11.6 Å². The van der Waals surface area contributed by atoms with E-state index in [1.165, 1.54) is 17.2 Å². The predicted molar refractivity (Wildman–Crippen MR) is 144 cm³/mol. The summed E-state index contributed by atoms with van der Waals surface area (Å²) in [4.78, 5) is 0. The van der Waals surface area contributed by atoms with Crippen LogP contribution in [-0.2, 0) is 0 Å². The number of hydrogen-bond acceptors (Lipinski definition) is 2. The summed E-state index contributed by atoms with van der Waals surface area (Å²) in [7, 11) is 0. The van der Waals surface area contributed by atoms with Gasteiger partial charge in [0.15, 0.2) is 0 Å². The number of unbranched alkanes of at least 4 members (excludes halogenated alkanes) is 1. The van der Waals surface area contributed by atoms with Crippen LogP contribution < -0.4 is 0 Å². The lowest BCUT2D eigenvalue weighted by molar-refractivity contribution is 0.801. The van der Waals surface area contributed by atoms with Gasteiger partial charge in [-0.1, -0.05) is 138 Å². The SMILES string of the molecule is C=C(C#N)CCCC.C=CC#N.C=CC=C.C=Cc1ccccc1.C=Cc1ccccc1. The number of nitrogens with zero attached hydrogens (tertiary/aromatic N) is 2. The normalized spacial score (nSPS) is 7.34.